The van der Waals surface area contributed by atoms with Gasteiger partial charge in [0.05, 0.1) is 6.61 Å². The monoisotopic (exact) mass is 226 g/mol. The predicted molar refractivity (Wildman–Crippen MR) is 66.2 cm³/mol. The highest BCUT2D eigenvalue weighted by molar-refractivity contribution is 4.91. The van der Waals surface area contributed by atoms with E-state index < -0.39 is 0 Å². The second kappa shape index (κ2) is 5.48. The number of hydrogen-bond donors (Lipinski definition) is 2. The lowest BCUT2D eigenvalue weighted by Crippen LogP contribution is -2.49. The second-order valence-corrected chi connectivity index (χ2v) is 5.70. The quantitative estimate of drug-likeness (QED) is 0.760. The summed E-state index contributed by atoms with van der Waals surface area (Å²) in [5.41, 5.74) is 5.90. The fraction of sp³-hybridized carbons (Fsp3) is 1.00. The number of likely N-dealkylation sites (tertiary alicyclic amines) is 1. The number of nitrogens with two attached hydrogens (primary N) is 1. The van der Waals surface area contributed by atoms with Crippen LogP contribution in [0.4, 0.5) is 0 Å². The molecule has 3 nitrogen and oxygen atoms in total. The molecule has 16 heavy (non-hydrogen) atoms. The normalized spacial score (nSPS) is 41.4. The largest absolute Gasteiger partial charge is 0.395 e. The van der Waals surface area contributed by atoms with Crippen LogP contribution in [-0.2, 0) is 0 Å². The van der Waals surface area contributed by atoms with Crippen molar-refractivity contribution in [3.63, 3.8) is 0 Å². The number of hydrogen-bond acceptors (Lipinski definition) is 3. The van der Waals surface area contributed by atoms with Crippen molar-refractivity contribution in [3.05, 3.63) is 0 Å². The Hall–Kier alpha value is -0.120. The number of nitrogens with zero attached hydrogens (tertiary/aromatic N) is 1. The van der Waals surface area contributed by atoms with E-state index in [-0.39, 0.29) is 0 Å². The smallest absolute Gasteiger partial charge is 0.0586 e. The Labute approximate surface area is 99.0 Å². The van der Waals surface area contributed by atoms with Crippen LogP contribution >= 0.6 is 0 Å². The highest BCUT2D eigenvalue weighted by Crippen LogP contribution is 2.35. The van der Waals surface area contributed by atoms with Gasteiger partial charge < -0.3 is 10.8 Å². The molecule has 0 amide bonds. The van der Waals surface area contributed by atoms with E-state index in [0.717, 1.165) is 12.5 Å². The van der Waals surface area contributed by atoms with Gasteiger partial charge in [-0.1, -0.05) is 13.3 Å². The summed E-state index contributed by atoms with van der Waals surface area (Å²) in [5.74, 6) is 1.48. The maximum absolute atomic E-state index is 9.42. The van der Waals surface area contributed by atoms with Gasteiger partial charge in [-0.05, 0) is 50.6 Å². The van der Waals surface area contributed by atoms with Crippen LogP contribution in [0, 0.1) is 11.8 Å². The lowest BCUT2D eigenvalue weighted by molar-refractivity contribution is 0.0521. The molecule has 0 aromatic heterocycles. The molecule has 1 saturated carbocycles. The molecule has 2 rings (SSSR count). The van der Waals surface area contributed by atoms with E-state index in [2.05, 4.69) is 11.8 Å². The SMILES string of the molecule is CC1CCC(CN)C(N2CCCC2CO)C1. The minimum absolute atomic E-state index is 0.322. The van der Waals surface area contributed by atoms with E-state index in [9.17, 15) is 5.11 Å². The third-order valence-electron chi connectivity index (χ3n) is 4.58. The molecule has 0 spiro atoms. The molecule has 0 aromatic carbocycles. The fourth-order valence-corrected chi connectivity index (χ4v) is 3.59. The standard InChI is InChI=1S/C13H26N2O/c1-10-4-5-11(8-14)13(7-10)15-6-2-3-12(15)9-16/h10-13,16H,2-9,14H2,1H3. The van der Waals surface area contributed by atoms with Gasteiger partial charge in [-0.2, -0.15) is 0 Å². The first-order valence-corrected chi connectivity index (χ1v) is 6.83. The van der Waals surface area contributed by atoms with E-state index in [4.69, 9.17) is 5.73 Å². The molecular formula is C13H26N2O. The first-order valence-electron chi connectivity index (χ1n) is 6.83. The van der Waals surface area contributed by atoms with Gasteiger partial charge >= 0.3 is 0 Å². The van der Waals surface area contributed by atoms with Crippen molar-refractivity contribution in [1.82, 2.24) is 4.90 Å². The van der Waals surface area contributed by atoms with Crippen LogP contribution in [0.15, 0.2) is 0 Å². The Morgan fingerprint density at radius 3 is 2.81 bits per heavy atom. The maximum atomic E-state index is 9.42. The van der Waals surface area contributed by atoms with Crippen LogP contribution < -0.4 is 5.73 Å². The van der Waals surface area contributed by atoms with Crippen molar-refractivity contribution in [1.29, 1.82) is 0 Å². The molecule has 1 aliphatic heterocycles. The summed E-state index contributed by atoms with van der Waals surface area (Å²) in [4.78, 5) is 2.55. The number of rotatable bonds is 3. The molecule has 2 aliphatic rings. The van der Waals surface area contributed by atoms with Crippen molar-refractivity contribution < 1.29 is 5.11 Å². The topological polar surface area (TPSA) is 49.5 Å². The molecular weight excluding hydrogens is 200 g/mol. The van der Waals surface area contributed by atoms with Crippen molar-refractivity contribution >= 4 is 0 Å². The summed E-state index contributed by atoms with van der Waals surface area (Å²) in [6, 6.07) is 1.04. The summed E-state index contributed by atoms with van der Waals surface area (Å²) in [7, 11) is 0. The number of aliphatic hydroxyl groups excluding tert-OH is 1. The Morgan fingerprint density at radius 2 is 2.12 bits per heavy atom. The summed E-state index contributed by atoms with van der Waals surface area (Å²) < 4.78 is 0. The van der Waals surface area contributed by atoms with Gasteiger partial charge in [0.15, 0.2) is 0 Å². The van der Waals surface area contributed by atoms with Crippen LogP contribution in [0.25, 0.3) is 0 Å². The minimum atomic E-state index is 0.322. The third-order valence-corrected chi connectivity index (χ3v) is 4.58. The van der Waals surface area contributed by atoms with Gasteiger partial charge in [0.25, 0.3) is 0 Å². The maximum Gasteiger partial charge on any atom is 0.0586 e. The molecule has 1 saturated heterocycles. The van der Waals surface area contributed by atoms with Gasteiger partial charge in [-0.25, -0.2) is 0 Å². The molecule has 0 aromatic rings. The zero-order valence-electron chi connectivity index (χ0n) is 10.4. The van der Waals surface area contributed by atoms with Crippen molar-refractivity contribution in [2.75, 3.05) is 19.7 Å². The molecule has 4 atom stereocenters. The Morgan fingerprint density at radius 1 is 1.31 bits per heavy atom. The lowest BCUT2D eigenvalue weighted by atomic mass is 9.78. The lowest BCUT2D eigenvalue weighted by Gasteiger charge is -2.42. The fourth-order valence-electron chi connectivity index (χ4n) is 3.59. The van der Waals surface area contributed by atoms with E-state index in [0.29, 0.717) is 24.6 Å². The average Bonchev–Trinajstić information content (AvgIpc) is 2.76. The molecule has 94 valence electrons. The van der Waals surface area contributed by atoms with E-state index in [1.807, 2.05) is 0 Å². The van der Waals surface area contributed by atoms with Gasteiger partial charge in [-0.15, -0.1) is 0 Å². The van der Waals surface area contributed by atoms with Gasteiger partial charge in [-0.3, -0.25) is 4.90 Å². The van der Waals surface area contributed by atoms with Gasteiger partial charge in [0.2, 0.25) is 0 Å². The van der Waals surface area contributed by atoms with Gasteiger partial charge in [0, 0.05) is 12.1 Å². The van der Waals surface area contributed by atoms with Crippen molar-refractivity contribution in [2.24, 2.45) is 17.6 Å². The zero-order valence-corrected chi connectivity index (χ0v) is 10.4. The average molecular weight is 226 g/mol. The molecule has 0 bridgehead atoms. The molecule has 4 unspecified atom stereocenters. The van der Waals surface area contributed by atoms with Crippen LogP contribution in [0.3, 0.4) is 0 Å². The van der Waals surface area contributed by atoms with E-state index in [1.54, 1.807) is 0 Å². The predicted octanol–water partition coefficient (Wildman–Crippen LogP) is 1.21. The highest BCUT2D eigenvalue weighted by atomic mass is 16.3. The molecule has 2 fully saturated rings. The minimum Gasteiger partial charge on any atom is -0.395 e. The number of aliphatic hydroxyl groups is 1. The van der Waals surface area contributed by atoms with E-state index in [1.165, 1.54) is 38.6 Å². The highest BCUT2D eigenvalue weighted by Gasteiger charge is 2.37. The Kier molecular flexibility index (Phi) is 4.22. The first-order chi connectivity index (χ1) is 7.76. The van der Waals surface area contributed by atoms with Crippen LogP contribution in [0.2, 0.25) is 0 Å². The van der Waals surface area contributed by atoms with Gasteiger partial charge in [0.1, 0.15) is 0 Å². The Bertz CT molecular complexity index is 222. The summed E-state index contributed by atoms with van der Waals surface area (Å²) in [6.07, 6.45) is 6.29. The summed E-state index contributed by atoms with van der Waals surface area (Å²) in [5, 5.41) is 9.42. The molecule has 3 heteroatoms. The summed E-state index contributed by atoms with van der Waals surface area (Å²) >= 11 is 0. The van der Waals surface area contributed by atoms with E-state index >= 15 is 0 Å². The van der Waals surface area contributed by atoms with Crippen molar-refractivity contribution in [3.8, 4) is 0 Å². The molecule has 1 heterocycles. The Balaban J connectivity index is 2.03. The second-order valence-electron chi connectivity index (χ2n) is 5.70. The summed E-state index contributed by atoms with van der Waals surface area (Å²) in [6.45, 7) is 4.65. The molecule has 1 aliphatic carbocycles. The zero-order chi connectivity index (χ0) is 11.5. The molecule has 0 radical (unpaired) electrons. The van der Waals surface area contributed by atoms with Crippen molar-refractivity contribution in [2.45, 2.75) is 51.1 Å². The van der Waals surface area contributed by atoms with Crippen LogP contribution in [-0.4, -0.2) is 41.8 Å². The van der Waals surface area contributed by atoms with Crippen LogP contribution in [0.5, 0.6) is 0 Å². The third kappa shape index (κ3) is 2.41. The molecule has 3 N–H and O–H groups in total. The first kappa shape index (κ1) is 12.3. The van der Waals surface area contributed by atoms with Crippen LogP contribution in [0.1, 0.15) is 39.0 Å².